The van der Waals surface area contributed by atoms with Crippen LogP contribution in [-0.4, -0.2) is 16.1 Å². The maximum absolute atomic E-state index is 12.2. The normalized spacial score (nSPS) is 11.4. The Bertz CT molecular complexity index is 580. The predicted molar refractivity (Wildman–Crippen MR) is 64.0 cm³/mol. The average Bonchev–Trinajstić information content (AvgIpc) is 2.58. The maximum atomic E-state index is 12.2. The lowest BCUT2D eigenvalue weighted by atomic mass is 10.3. The van der Waals surface area contributed by atoms with E-state index >= 15 is 0 Å². The standard InChI is InChI=1S/C11H11F3N4O/c1-18-6-7(15)10(17-18)16-8-4-2-3-5-9(8)19-11(12,13)14/h2-6H,15H2,1H3,(H,16,17). The van der Waals surface area contributed by atoms with Gasteiger partial charge in [0, 0.05) is 13.2 Å². The zero-order valence-corrected chi connectivity index (χ0v) is 9.90. The molecule has 1 aromatic heterocycles. The Morgan fingerprint density at radius 1 is 1.32 bits per heavy atom. The number of rotatable bonds is 3. The lowest BCUT2D eigenvalue weighted by molar-refractivity contribution is -0.274. The van der Waals surface area contributed by atoms with E-state index in [0.29, 0.717) is 5.69 Å². The average molecular weight is 272 g/mol. The molecule has 0 saturated heterocycles. The summed E-state index contributed by atoms with van der Waals surface area (Å²) in [6.45, 7) is 0. The molecule has 0 aliphatic heterocycles. The summed E-state index contributed by atoms with van der Waals surface area (Å²) in [5, 5.41) is 6.69. The van der Waals surface area contributed by atoms with E-state index in [2.05, 4.69) is 15.2 Å². The highest BCUT2D eigenvalue weighted by molar-refractivity contribution is 5.71. The largest absolute Gasteiger partial charge is 0.573 e. The van der Waals surface area contributed by atoms with Crippen LogP contribution in [0.1, 0.15) is 0 Å². The third kappa shape index (κ3) is 3.30. The fourth-order valence-corrected chi connectivity index (χ4v) is 1.52. The fourth-order valence-electron chi connectivity index (χ4n) is 1.52. The zero-order valence-electron chi connectivity index (χ0n) is 9.90. The van der Waals surface area contributed by atoms with Crippen molar-refractivity contribution >= 4 is 17.2 Å². The van der Waals surface area contributed by atoms with E-state index in [9.17, 15) is 13.2 Å². The monoisotopic (exact) mass is 272 g/mol. The van der Waals surface area contributed by atoms with Crippen molar-refractivity contribution in [3.8, 4) is 5.75 Å². The summed E-state index contributed by atoms with van der Waals surface area (Å²) in [4.78, 5) is 0. The first-order valence-electron chi connectivity index (χ1n) is 5.26. The van der Waals surface area contributed by atoms with Crippen LogP contribution in [0.25, 0.3) is 0 Å². The number of benzene rings is 1. The number of hydrogen-bond donors (Lipinski definition) is 2. The number of nitrogens with one attached hydrogen (secondary N) is 1. The minimum atomic E-state index is -4.76. The summed E-state index contributed by atoms with van der Waals surface area (Å²) >= 11 is 0. The van der Waals surface area contributed by atoms with Gasteiger partial charge in [0.25, 0.3) is 0 Å². The molecule has 0 bridgehead atoms. The molecule has 3 N–H and O–H groups in total. The molecule has 2 aromatic rings. The van der Waals surface area contributed by atoms with Gasteiger partial charge in [-0.25, -0.2) is 0 Å². The molecule has 8 heteroatoms. The molecule has 0 fully saturated rings. The smallest absolute Gasteiger partial charge is 0.404 e. The van der Waals surface area contributed by atoms with Crippen molar-refractivity contribution in [1.82, 2.24) is 9.78 Å². The summed E-state index contributed by atoms with van der Waals surface area (Å²) in [5.74, 6) is -0.0826. The second-order valence-corrected chi connectivity index (χ2v) is 3.78. The van der Waals surface area contributed by atoms with Crippen LogP contribution >= 0.6 is 0 Å². The number of aryl methyl sites for hydroxylation is 1. The van der Waals surface area contributed by atoms with Crippen molar-refractivity contribution in [2.75, 3.05) is 11.1 Å². The highest BCUT2D eigenvalue weighted by atomic mass is 19.4. The molecule has 0 amide bonds. The van der Waals surface area contributed by atoms with Gasteiger partial charge in [0.2, 0.25) is 0 Å². The Morgan fingerprint density at radius 2 is 2.00 bits per heavy atom. The van der Waals surface area contributed by atoms with E-state index in [1.165, 1.54) is 29.1 Å². The Kier molecular flexibility index (Phi) is 3.24. The van der Waals surface area contributed by atoms with Gasteiger partial charge in [-0.2, -0.15) is 5.10 Å². The van der Waals surface area contributed by atoms with Crippen LogP contribution in [0.5, 0.6) is 5.75 Å². The molecule has 0 saturated carbocycles. The Labute approximate surface area is 106 Å². The third-order valence-electron chi connectivity index (χ3n) is 2.22. The molecule has 0 aliphatic rings. The summed E-state index contributed by atoms with van der Waals surface area (Å²) in [6.07, 6.45) is -3.22. The van der Waals surface area contributed by atoms with Crippen LogP contribution in [0.3, 0.4) is 0 Å². The van der Waals surface area contributed by atoms with Crippen molar-refractivity contribution in [2.24, 2.45) is 7.05 Å². The van der Waals surface area contributed by atoms with Crippen molar-refractivity contribution < 1.29 is 17.9 Å². The van der Waals surface area contributed by atoms with Crippen molar-refractivity contribution in [2.45, 2.75) is 6.36 Å². The van der Waals surface area contributed by atoms with E-state index in [-0.39, 0.29) is 17.3 Å². The molecule has 1 heterocycles. The second-order valence-electron chi connectivity index (χ2n) is 3.78. The van der Waals surface area contributed by atoms with Gasteiger partial charge in [-0.3, -0.25) is 4.68 Å². The van der Waals surface area contributed by atoms with Crippen LogP contribution in [0.15, 0.2) is 30.5 Å². The number of ether oxygens (including phenoxy) is 1. The lowest BCUT2D eigenvalue weighted by Crippen LogP contribution is -2.17. The van der Waals surface area contributed by atoms with Crippen molar-refractivity contribution in [3.05, 3.63) is 30.5 Å². The SMILES string of the molecule is Cn1cc(N)c(Nc2ccccc2OC(F)(F)F)n1. The molecule has 5 nitrogen and oxygen atoms in total. The first kappa shape index (κ1) is 13.1. The predicted octanol–water partition coefficient (Wildman–Crippen LogP) is 2.64. The number of nitrogens with two attached hydrogens (primary N) is 1. The summed E-state index contributed by atoms with van der Waals surface area (Å²) < 4.78 is 42.1. The third-order valence-corrected chi connectivity index (χ3v) is 2.22. The van der Waals surface area contributed by atoms with Gasteiger partial charge in [-0.15, -0.1) is 13.2 Å². The van der Waals surface area contributed by atoms with Crippen LogP contribution in [0.2, 0.25) is 0 Å². The Morgan fingerprint density at radius 3 is 2.58 bits per heavy atom. The molecule has 0 unspecified atom stereocenters. The molecular weight excluding hydrogens is 261 g/mol. The fraction of sp³-hybridized carbons (Fsp3) is 0.182. The minimum absolute atomic E-state index is 0.130. The number of hydrogen-bond acceptors (Lipinski definition) is 4. The number of para-hydroxylation sites is 2. The highest BCUT2D eigenvalue weighted by Crippen LogP contribution is 2.32. The zero-order chi connectivity index (χ0) is 14.0. The molecule has 102 valence electrons. The minimum Gasteiger partial charge on any atom is -0.404 e. The van der Waals surface area contributed by atoms with Gasteiger partial charge in [-0.1, -0.05) is 12.1 Å². The second kappa shape index (κ2) is 4.71. The van der Waals surface area contributed by atoms with Gasteiger partial charge in [0.1, 0.15) is 0 Å². The summed E-state index contributed by atoms with van der Waals surface area (Å²) in [7, 11) is 1.65. The molecule has 0 aliphatic carbocycles. The van der Waals surface area contributed by atoms with E-state index < -0.39 is 6.36 Å². The van der Waals surface area contributed by atoms with Gasteiger partial charge in [0.05, 0.1) is 11.4 Å². The topological polar surface area (TPSA) is 65.1 Å². The molecule has 0 radical (unpaired) electrons. The lowest BCUT2D eigenvalue weighted by Gasteiger charge is -2.13. The van der Waals surface area contributed by atoms with E-state index in [0.717, 1.165) is 0 Å². The number of anilines is 3. The molecule has 1 aromatic carbocycles. The van der Waals surface area contributed by atoms with Crippen molar-refractivity contribution in [1.29, 1.82) is 0 Å². The van der Waals surface area contributed by atoms with Gasteiger partial charge >= 0.3 is 6.36 Å². The Hall–Kier alpha value is -2.38. The summed E-state index contributed by atoms with van der Waals surface area (Å²) in [5.41, 5.74) is 6.11. The van der Waals surface area contributed by atoms with Gasteiger partial charge in [0.15, 0.2) is 11.6 Å². The highest BCUT2D eigenvalue weighted by Gasteiger charge is 2.32. The number of halogens is 3. The molecule has 0 atom stereocenters. The van der Waals surface area contributed by atoms with Crippen LogP contribution in [0, 0.1) is 0 Å². The van der Waals surface area contributed by atoms with Gasteiger partial charge in [-0.05, 0) is 12.1 Å². The molecule has 2 rings (SSSR count). The number of alkyl halides is 3. The van der Waals surface area contributed by atoms with Crippen LogP contribution in [-0.2, 0) is 7.05 Å². The molecule has 19 heavy (non-hydrogen) atoms. The van der Waals surface area contributed by atoms with Crippen LogP contribution < -0.4 is 15.8 Å². The van der Waals surface area contributed by atoms with Gasteiger partial charge < -0.3 is 15.8 Å². The van der Waals surface area contributed by atoms with Crippen molar-refractivity contribution in [3.63, 3.8) is 0 Å². The quantitative estimate of drug-likeness (QED) is 0.901. The van der Waals surface area contributed by atoms with E-state index in [1.807, 2.05) is 0 Å². The maximum Gasteiger partial charge on any atom is 0.573 e. The summed E-state index contributed by atoms with van der Waals surface area (Å²) in [6, 6.07) is 5.66. The number of nitrogens with zero attached hydrogens (tertiary/aromatic N) is 2. The number of nitrogen functional groups attached to an aromatic ring is 1. The first-order chi connectivity index (χ1) is 8.85. The van der Waals surface area contributed by atoms with E-state index in [1.54, 1.807) is 13.1 Å². The Balaban J connectivity index is 2.27. The van der Waals surface area contributed by atoms with Crippen LogP contribution in [0.4, 0.5) is 30.4 Å². The van der Waals surface area contributed by atoms with E-state index in [4.69, 9.17) is 5.73 Å². The molecule has 0 spiro atoms. The number of aromatic nitrogens is 2. The first-order valence-corrected chi connectivity index (χ1v) is 5.26. The molecular formula is C11H11F3N4O.